The second-order valence-electron chi connectivity index (χ2n) is 5.18. The molecule has 138 valence electrons. The van der Waals surface area contributed by atoms with Gasteiger partial charge >= 0.3 is 6.18 Å². The molecule has 9 heteroatoms. The second-order valence-corrected chi connectivity index (χ2v) is 5.18. The number of amides is 1. The molecule has 0 aliphatic rings. The first-order valence-corrected chi connectivity index (χ1v) is 7.10. The Morgan fingerprint density at radius 3 is 2.54 bits per heavy atom. The summed E-state index contributed by atoms with van der Waals surface area (Å²) < 4.78 is 46.2. The van der Waals surface area contributed by atoms with E-state index >= 15 is 0 Å². The van der Waals surface area contributed by atoms with Gasteiger partial charge in [-0.2, -0.15) is 13.2 Å². The first kappa shape index (κ1) is 22.3. The van der Waals surface area contributed by atoms with Crippen molar-refractivity contribution in [2.75, 3.05) is 13.7 Å². The molecule has 0 spiro atoms. The molecule has 1 atom stereocenters. The van der Waals surface area contributed by atoms with Gasteiger partial charge in [0.05, 0.1) is 7.11 Å². The van der Waals surface area contributed by atoms with Gasteiger partial charge < -0.3 is 20.5 Å². The van der Waals surface area contributed by atoms with Crippen LogP contribution in [0.15, 0.2) is 18.2 Å². The largest absolute Gasteiger partial charge is 0.493 e. The Morgan fingerprint density at radius 2 is 2.00 bits per heavy atom. The third-order valence-electron chi connectivity index (χ3n) is 2.94. The van der Waals surface area contributed by atoms with Gasteiger partial charge in [0.1, 0.15) is 0 Å². The number of hydrogen-bond acceptors (Lipinski definition) is 4. The Bertz CT molecular complexity index is 525. The zero-order valence-corrected chi connectivity index (χ0v) is 14.3. The van der Waals surface area contributed by atoms with E-state index in [2.05, 4.69) is 10.1 Å². The number of nitrogens with two attached hydrogens (primary N) is 1. The number of hydrogen-bond donors (Lipinski definition) is 2. The summed E-state index contributed by atoms with van der Waals surface area (Å²) in [6.07, 6.45) is -3.52. The quantitative estimate of drug-likeness (QED) is 0.738. The fourth-order valence-corrected chi connectivity index (χ4v) is 1.75. The van der Waals surface area contributed by atoms with Gasteiger partial charge in [-0.15, -0.1) is 12.4 Å². The van der Waals surface area contributed by atoms with Crippen molar-refractivity contribution in [2.24, 2.45) is 5.73 Å². The van der Waals surface area contributed by atoms with E-state index in [1.807, 2.05) is 6.92 Å². The zero-order valence-electron chi connectivity index (χ0n) is 13.5. The highest BCUT2D eigenvalue weighted by Crippen LogP contribution is 2.29. The Labute approximate surface area is 145 Å². The average molecular weight is 371 g/mol. The first-order chi connectivity index (χ1) is 10.7. The fraction of sp³-hybridized carbons (Fsp3) is 0.533. The third-order valence-corrected chi connectivity index (χ3v) is 2.94. The van der Waals surface area contributed by atoms with Crippen molar-refractivity contribution in [2.45, 2.75) is 38.5 Å². The minimum Gasteiger partial charge on any atom is -0.493 e. The molecule has 0 aliphatic carbocycles. The number of rotatable bonds is 8. The van der Waals surface area contributed by atoms with Crippen LogP contribution in [0, 0.1) is 0 Å². The zero-order chi connectivity index (χ0) is 17.5. The summed E-state index contributed by atoms with van der Waals surface area (Å²) >= 11 is 0. The summed E-state index contributed by atoms with van der Waals surface area (Å²) in [5.74, 6) is 0.0344. The van der Waals surface area contributed by atoms with E-state index in [0.717, 1.165) is 0 Å². The number of carbonyl (C=O) groups excluding carboxylic acids is 1. The lowest BCUT2D eigenvalue weighted by molar-refractivity contribution is -0.153. The second kappa shape index (κ2) is 10.2. The Morgan fingerprint density at radius 1 is 1.33 bits per heavy atom. The third kappa shape index (κ3) is 8.83. The molecule has 1 unspecified atom stereocenters. The number of methoxy groups -OCH3 is 1. The molecule has 0 saturated heterocycles. The summed E-state index contributed by atoms with van der Waals surface area (Å²) in [5, 5.41) is 2.71. The molecule has 0 aromatic heterocycles. The van der Waals surface area contributed by atoms with Crippen LogP contribution >= 0.6 is 12.4 Å². The highest BCUT2D eigenvalue weighted by Gasteiger charge is 2.29. The van der Waals surface area contributed by atoms with E-state index in [9.17, 15) is 18.0 Å². The van der Waals surface area contributed by atoms with Crippen LogP contribution in [-0.4, -0.2) is 31.8 Å². The minimum atomic E-state index is -4.42. The molecule has 1 aromatic carbocycles. The highest BCUT2D eigenvalue weighted by molar-refractivity contribution is 5.85. The summed E-state index contributed by atoms with van der Waals surface area (Å²) in [7, 11) is 1.33. The van der Waals surface area contributed by atoms with Crippen molar-refractivity contribution in [3.63, 3.8) is 0 Å². The van der Waals surface area contributed by atoms with Gasteiger partial charge in [0.25, 0.3) is 0 Å². The van der Waals surface area contributed by atoms with Crippen molar-refractivity contribution < 1.29 is 27.4 Å². The summed E-state index contributed by atoms with van der Waals surface area (Å²) in [4.78, 5) is 11.6. The van der Waals surface area contributed by atoms with Gasteiger partial charge in [0.15, 0.2) is 18.1 Å². The number of ether oxygens (including phenoxy) is 2. The normalized spacial score (nSPS) is 12.1. The summed E-state index contributed by atoms with van der Waals surface area (Å²) in [6, 6.07) is 4.43. The minimum absolute atomic E-state index is 0. The van der Waals surface area contributed by atoms with Crippen LogP contribution < -0.4 is 20.5 Å². The number of alkyl halides is 3. The van der Waals surface area contributed by atoms with Gasteiger partial charge in [0, 0.05) is 19.0 Å². The predicted octanol–water partition coefficient (Wildman–Crippen LogP) is 2.80. The monoisotopic (exact) mass is 370 g/mol. The van der Waals surface area contributed by atoms with Crippen LogP contribution in [0.1, 0.15) is 25.3 Å². The van der Waals surface area contributed by atoms with Crippen LogP contribution in [0.2, 0.25) is 0 Å². The lowest BCUT2D eigenvalue weighted by atomic mass is 10.1. The van der Waals surface area contributed by atoms with Crippen LogP contribution in [0.25, 0.3) is 0 Å². The molecule has 1 amide bonds. The number of benzene rings is 1. The molecule has 0 bridgehead atoms. The molecule has 1 aromatic rings. The molecule has 5 nitrogen and oxygen atoms in total. The highest BCUT2D eigenvalue weighted by atomic mass is 35.5. The van der Waals surface area contributed by atoms with E-state index in [1.54, 1.807) is 6.07 Å². The van der Waals surface area contributed by atoms with Gasteiger partial charge in [-0.1, -0.05) is 6.07 Å². The smallest absolute Gasteiger partial charge is 0.422 e. The molecule has 0 heterocycles. The maximum atomic E-state index is 12.2. The van der Waals surface area contributed by atoms with E-state index in [-0.39, 0.29) is 42.4 Å². The maximum absolute atomic E-state index is 12.2. The summed E-state index contributed by atoms with van der Waals surface area (Å²) in [6.45, 7) is 0.669. The molecule has 1 rings (SSSR count). The van der Waals surface area contributed by atoms with Gasteiger partial charge in [-0.3, -0.25) is 4.79 Å². The number of halogens is 4. The van der Waals surface area contributed by atoms with Crippen molar-refractivity contribution in [1.82, 2.24) is 5.32 Å². The molecule has 3 N–H and O–H groups in total. The fourth-order valence-electron chi connectivity index (χ4n) is 1.75. The van der Waals surface area contributed by atoms with Crippen molar-refractivity contribution in [1.29, 1.82) is 0 Å². The molecule has 24 heavy (non-hydrogen) atoms. The van der Waals surface area contributed by atoms with E-state index in [1.165, 1.54) is 19.2 Å². The molecular weight excluding hydrogens is 349 g/mol. The first-order valence-electron chi connectivity index (χ1n) is 7.10. The van der Waals surface area contributed by atoms with Crippen LogP contribution in [0.4, 0.5) is 13.2 Å². The molecule has 0 radical (unpaired) electrons. The Balaban J connectivity index is 0.00000529. The topological polar surface area (TPSA) is 73.6 Å². The van der Waals surface area contributed by atoms with Crippen molar-refractivity contribution in [3.05, 3.63) is 23.8 Å². The van der Waals surface area contributed by atoms with E-state index < -0.39 is 12.8 Å². The molecule has 0 aliphatic heterocycles. The van der Waals surface area contributed by atoms with E-state index in [0.29, 0.717) is 18.4 Å². The van der Waals surface area contributed by atoms with Crippen molar-refractivity contribution >= 4 is 18.3 Å². The SMILES string of the molecule is COc1cc(CNC(=O)CCC(C)N)ccc1OCC(F)(F)F.Cl. The Hall–Kier alpha value is -1.67. The van der Waals surface area contributed by atoms with Crippen LogP contribution in [-0.2, 0) is 11.3 Å². The predicted molar refractivity (Wildman–Crippen MR) is 86.5 cm³/mol. The molecule has 0 fully saturated rings. The van der Waals surface area contributed by atoms with Crippen molar-refractivity contribution in [3.8, 4) is 11.5 Å². The van der Waals surface area contributed by atoms with E-state index in [4.69, 9.17) is 10.5 Å². The summed E-state index contributed by atoms with van der Waals surface area (Å²) in [5.41, 5.74) is 6.26. The van der Waals surface area contributed by atoms with Crippen LogP contribution in [0.5, 0.6) is 11.5 Å². The van der Waals surface area contributed by atoms with Gasteiger partial charge in [0.2, 0.25) is 5.91 Å². The van der Waals surface area contributed by atoms with Crippen LogP contribution in [0.3, 0.4) is 0 Å². The number of carbonyl (C=O) groups is 1. The Kier molecular flexibility index (Phi) is 9.53. The average Bonchev–Trinajstić information content (AvgIpc) is 2.48. The van der Waals surface area contributed by atoms with Gasteiger partial charge in [-0.05, 0) is 31.0 Å². The molecular formula is C15H22ClF3N2O3. The molecule has 0 saturated carbocycles. The number of nitrogens with one attached hydrogen (secondary N) is 1. The lowest BCUT2D eigenvalue weighted by Crippen LogP contribution is -2.25. The van der Waals surface area contributed by atoms with Gasteiger partial charge in [-0.25, -0.2) is 0 Å². The maximum Gasteiger partial charge on any atom is 0.422 e. The standard InChI is InChI=1S/C15H21F3N2O3.ClH/c1-10(19)3-6-14(21)20-8-11-4-5-12(13(7-11)22-2)23-9-15(16,17)18;/h4-5,7,10H,3,6,8-9,19H2,1-2H3,(H,20,21);1H. The lowest BCUT2D eigenvalue weighted by Gasteiger charge is -2.14.